The normalized spacial score (nSPS) is 12.0. The van der Waals surface area contributed by atoms with Gasteiger partial charge in [-0.15, -0.1) is 0 Å². The van der Waals surface area contributed by atoms with Crippen molar-refractivity contribution in [1.82, 2.24) is 47.9 Å². The van der Waals surface area contributed by atoms with E-state index in [1.165, 1.54) is 6.92 Å². The van der Waals surface area contributed by atoms with E-state index in [0.29, 0.717) is 0 Å². The topological polar surface area (TPSA) is 385 Å². The molecule has 0 saturated heterocycles. The van der Waals surface area contributed by atoms with E-state index in [-0.39, 0.29) is 50.7 Å². The molecule has 0 aromatic rings. The van der Waals surface area contributed by atoms with Gasteiger partial charge in [0.05, 0.1) is 26.2 Å². The molecule has 270 valence electrons. The van der Waals surface area contributed by atoms with Crippen LogP contribution in [0.1, 0.15) is 32.6 Å². The Kier molecular flexibility index (Phi) is 20.8. The van der Waals surface area contributed by atoms with Crippen molar-refractivity contribution in [1.29, 1.82) is 10.8 Å². The highest BCUT2D eigenvalue weighted by molar-refractivity contribution is 5.95. The second-order valence-electron chi connectivity index (χ2n) is 9.97. The van der Waals surface area contributed by atoms with Gasteiger partial charge in [-0.1, -0.05) is 0 Å². The number of nitrogens with one attached hydrogen (secondary N) is 11. The van der Waals surface area contributed by atoms with Gasteiger partial charge in [0.2, 0.25) is 41.4 Å². The van der Waals surface area contributed by atoms with E-state index < -0.39 is 98.2 Å². The summed E-state index contributed by atoms with van der Waals surface area (Å²) in [7, 11) is 0. The number of carboxylic acids is 1. The van der Waals surface area contributed by atoms with Gasteiger partial charge in [-0.25, -0.2) is 0 Å². The minimum Gasteiger partial charge on any atom is -0.480 e. The number of aliphatic hydroxyl groups excluding tert-OH is 1. The van der Waals surface area contributed by atoms with E-state index >= 15 is 0 Å². The quantitative estimate of drug-likeness (QED) is 0.0270. The van der Waals surface area contributed by atoms with Gasteiger partial charge in [-0.3, -0.25) is 49.2 Å². The van der Waals surface area contributed by atoms with Crippen LogP contribution in [0.2, 0.25) is 0 Å². The zero-order valence-electron chi connectivity index (χ0n) is 26.3. The minimum absolute atomic E-state index is 0.0186. The Morgan fingerprint density at radius 2 is 0.938 bits per heavy atom. The summed E-state index contributed by atoms with van der Waals surface area (Å²) >= 11 is 0. The maximum atomic E-state index is 12.9. The fourth-order valence-electron chi connectivity index (χ4n) is 3.60. The molecule has 3 atom stereocenters. The molecule has 0 aliphatic heterocycles. The summed E-state index contributed by atoms with van der Waals surface area (Å²) in [6.45, 7) is -1.82. The van der Waals surface area contributed by atoms with Crippen molar-refractivity contribution in [3.63, 3.8) is 0 Å². The lowest BCUT2D eigenvalue weighted by atomic mass is 10.1. The van der Waals surface area contributed by atoms with E-state index in [2.05, 4.69) is 42.5 Å². The number of carbonyl (C=O) groups is 8. The Balaban J connectivity index is 5.32. The van der Waals surface area contributed by atoms with Crippen LogP contribution in [-0.4, -0.2) is 133 Å². The van der Waals surface area contributed by atoms with Crippen molar-refractivity contribution in [2.75, 3.05) is 45.9 Å². The first-order valence-corrected chi connectivity index (χ1v) is 14.5. The summed E-state index contributed by atoms with van der Waals surface area (Å²) in [6.07, 6.45) is 0.535. The van der Waals surface area contributed by atoms with Crippen LogP contribution in [0.4, 0.5) is 0 Å². The first kappa shape index (κ1) is 42.3. The number of rotatable bonds is 23. The number of carboxylic acid groups (broad SMARTS) is 1. The average Bonchev–Trinajstić information content (AvgIpc) is 3.01. The van der Waals surface area contributed by atoms with Crippen LogP contribution in [0.25, 0.3) is 0 Å². The largest absolute Gasteiger partial charge is 0.480 e. The molecule has 0 rings (SSSR count). The van der Waals surface area contributed by atoms with Gasteiger partial charge in [0.1, 0.15) is 24.7 Å². The van der Waals surface area contributed by atoms with E-state index in [0.717, 1.165) is 0 Å². The monoisotopic (exact) mass is 687 g/mol. The van der Waals surface area contributed by atoms with Crippen molar-refractivity contribution in [2.45, 2.75) is 50.7 Å². The highest BCUT2D eigenvalue weighted by Crippen LogP contribution is 2.00. The third kappa shape index (κ3) is 21.1. The molecule has 23 heteroatoms. The van der Waals surface area contributed by atoms with E-state index in [1.54, 1.807) is 0 Å². The molecule has 0 heterocycles. The van der Waals surface area contributed by atoms with Crippen LogP contribution in [-0.2, 0) is 38.4 Å². The van der Waals surface area contributed by atoms with E-state index in [1.807, 2.05) is 5.32 Å². The average molecular weight is 688 g/mol. The van der Waals surface area contributed by atoms with Crippen molar-refractivity contribution >= 4 is 59.2 Å². The van der Waals surface area contributed by atoms with Crippen LogP contribution in [0, 0.1) is 10.8 Å². The molecule has 0 radical (unpaired) electrons. The molecule has 0 aromatic heterocycles. The maximum Gasteiger partial charge on any atom is 0.322 e. The van der Waals surface area contributed by atoms with Gasteiger partial charge in [0, 0.05) is 20.0 Å². The summed E-state index contributed by atoms with van der Waals surface area (Å²) in [5.41, 5.74) is 10.5. The number of hydrogen-bond acceptors (Lipinski definition) is 11. The lowest BCUT2D eigenvalue weighted by Gasteiger charge is -2.21. The molecule has 17 N–H and O–H groups in total. The Labute approximate surface area is 274 Å². The van der Waals surface area contributed by atoms with Gasteiger partial charge >= 0.3 is 5.97 Å². The molecule has 0 aliphatic rings. The summed E-state index contributed by atoms with van der Waals surface area (Å²) in [4.78, 5) is 96.5. The number of carbonyl (C=O) groups excluding carboxylic acids is 7. The minimum atomic E-state index is -1.50. The molecule has 23 nitrogen and oxygen atoms in total. The predicted molar refractivity (Wildman–Crippen MR) is 167 cm³/mol. The van der Waals surface area contributed by atoms with Gasteiger partial charge in [0.15, 0.2) is 11.9 Å². The third-order valence-electron chi connectivity index (χ3n) is 5.87. The van der Waals surface area contributed by atoms with Gasteiger partial charge in [-0.05, 0) is 25.7 Å². The molecule has 7 amide bonds. The van der Waals surface area contributed by atoms with E-state index in [9.17, 15) is 43.5 Å². The number of amides is 7. The first-order chi connectivity index (χ1) is 22.5. The van der Waals surface area contributed by atoms with Crippen LogP contribution in [0.3, 0.4) is 0 Å². The molecule has 0 fully saturated rings. The standard InChI is InChI=1S/C25H45N13O10/c1-13(40)32-8-17(41)36-14(4-2-6-30-24(26)27)21(46)33-9-18(42)37-15(5-3-7-31-25(28)29)22(47)34-10-19(43)38-16(12-39)23(48)35-11-20(44)45/h14-16,39H,2-12H2,1H3,(H,32,40)(H,33,46)(H,34,47)(H,35,48)(H,36,41)(H,37,42)(H,38,43)(H,44,45)(H4,26,27,30)(H4,28,29,31). The summed E-state index contributed by atoms with van der Waals surface area (Å²) < 4.78 is 0. The fraction of sp³-hybridized carbons (Fsp3) is 0.600. The Morgan fingerprint density at radius 1 is 0.583 bits per heavy atom. The highest BCUT2D eigenvalue weighted by atomic mass is 16.4. The van der Waals surface area contributed by atoms with Gasteiger partial charge in [-0.2, -0.15) is 0 Å². The molecule has 3 unspecified atom stereocenters. The molecule has 0 bridgehead atoms. The van der Waals surface area contributed by atoms with Crippen LogP contribution in [0.15, 0.2) is 0 Å². The lowest BCUT2D eigenvalue weighted by Crippen LogP contribution is -2.55. The summed E-state index contributed by atoms with van der Waals surface area (Å²) in [5, 5.41) is 53.3. The SMILES string of the molecule is CC(=O)NCC(=O)NC(CCCNC(=N)N)C(=O)NCC(=O)NC(CCCNC(=N)N)C(=O)NCC(=O)NC(CO)C(=O)NCC(=O)O. The third-order valence-corrected chi connectivity index (χ3v) is 5.87. The Morgan fingerprint density at radius 3 is 1.29 bits per heavy atom. The van der Waals surface area contributed by atoms with Crippen LogP contribution >= 0.6 is 0 Å². The predicted octanol–water partition coefficient (Wildman–Crippen LogP) is -7.47. The number of guanidine groups is 2. The molecular formula is C25H45N13O10. The second-order valence-corrected chi connectivity index (χ2v) is 9.97. The van der Waals surface area contributed by atoms with Gasteiger partial charge < -0.3 is 69.5 Å². The van der Waals surface area contributed by atoms with Crippen LogP contribution in [0.5, 0.6) is 0 Å². The molecule has 0 aromatic carbocycles. The smallest absolute Gasteiger partial charge is 0.322 e. The number of aliphatic carboxylic acids is 1. The van der Waals surface area contributed by atoms with Crippen molar-refractivity contribution in [2.24, 2.45) is 11.5 Å². The Bertz CT molecular complexity index is 1180. The summed E-state index contributed by atoms with van der Waals surface area (Å²) in [5.74, 6) is -7.48. The molecule has 0 saturated carbocycles. The van der Waals surface area contributed by atoms with Crippen molar-refractivity contribution in [3.8, 4) is 0 Å². The maximum absolute atomic E-state index is 12.9. The highest BCUT2D eigenvalue weighted by Gasteiger charge is 2.25. The molecule has 0 aliphatic carbocycles. The number of aliphatic hydroxyl groups is 1. The molecule has 0 spiro atoms. The second kappa shape index (κ2) is 23.6. The zero-order valence-corrected chi connectivity index (χ0v) is 26.3. The first-order valence-electron chi connectivity index (χ1n) is 14.5. The number of hydrogen-bond donors (Lipinski definition) is 15. The summed E-state index contributed by atoms with van der Waals surface area (Å²) in [6, 6.07) is -3.90. The molecular weight excluding hydrogens is 642 g/mol. The number of nitrogens with two attached hydrogens (primary N) is 2. The van der Waals surface area contributed by atoms with Crippen molar-refractivity contribution < 1.29 is 48.6 Å². The van der Waals surface area contributed by atoms with Gasteiger partial charge in [0.25, 0.3) is 0 Å². The van der Waals surface area contributed by atoms with Crippen molar-refractivity contribution in [3.05, 3.63) is 0 Å². The molecule has 48 heavy (non-hydrogen) atoms. The van der Waals surface area contributed by atoms with E-state index in [4.69, 9.17) is 27.4 Å². The Hall–Kier alpha value is -5.74. The lowest BCUT2D eigenvalue weighted by molar-refractivity contribution is -0.138. The fourth-order valence-corrected chi connectivity index (χ4v) is 3.60. The van der Waals surface area contributed by atoms with Crippen LogP contribution < -0.4 is 59.3 Å². The zero-order chi connectivity index (χ0) is 36.6.